The van der Waals surface area contributed by atoms with Crippen LogP contribution in [0.25, 0.3) is 0 Å². The van der Waals surface area contributed by atoms with Gasteiger partial charge in [0.1, 0.15) is 12.1 Å². The van der Waals surface area contributed by atoms with Gasteiger partial charge in [0.15, 0.2) is 0 Å². The summed E-state index contributed by atoms with van der Waals surface area (Å²) in [5.74, 6) is 0. The highest BCUT2D eigenvalue weighted by Gasteiger charge is 2.33. The van der Waals surface area contributed by atoms with Crippen molar-refractivity contribution in [3.05, 3.63) is 20.2 Å². The minimum absolute atomic E-state index is 1.16. The molecule has 2 unspecified atom stereocenters. The summed E-state index contributed by atoms with van der Waals surface area (Å²) in [5.41, 5.74) is 0. The van der Waals surface area contributed by atoms with Gasteiger partial charge in [0.05, 0.1) is 13.2 Å². The van der Waals surface area contributed by atoms with Crippen molar-refractivity contribution in [1.82, 2.24) is 10.7 Å². The standard InChI is InChI=1S/C4H8F4N2O2.2HNO3/c5-9(6)3(1-11)4(2-12)10(7)8;2*2-1(3)4/h3-4,11-12H,1-2H2;2*(H,2,3,4). The van der Waals surface area contributed by atoms with Gasteiger partial charge in [-0.25, -0.2) is 0 Å². The Bertz CT molecular complexity index is 237. The molecule has 12 nitrogen and oxygen atoms in total. The molecule has 0 fully saturated rings. The summed E-state index contributed by atoms with van der Waals surface area (Å²) in [4.78, 5) is 16.7. The van der Waals surface area contributed by atoms with Crippen molar-refractivity contribution in [2.24, 2.45) is 0 Å². The summed E-state index contributed by atoms with van der Waals surface area (Å²) >= 11 is 0. The van der Waals surface area contributed by atoms with E-state index in [2.05, 4.69) is 0 Å². The number of nitrogens with zero attached hydrogens (tertiary/aromatic N) is 4. The molecule has 0 rings (SSSR count). The van der Waals surface area contributed by atoms with Gasteiger partial charge in [0.2, 0.25) is 0 Å². The fourth-order valence-electron chi connectivity index (χ4n) is 0.627. The molecular weight excluding hydrogens is 308 g/mol. The third-order valence-electron chi connectivity index (χ3n) is 1.32. The van der Waals surface area contributed by atoms with Crippen molar-refractivity contribution in [2.45, 2.75) is 12.1 Å². The van der Waals surface area contributed by atoms with Crippen molar-refractivity contribution in [2.75, 3.05) is 13.2 Å². The molecule has 0 aliphatic rings. The molecular formula is C4H10F4N4O8. The zero-order valence-corrected chi connectivity index (χ0v) is 9.29. The highest BCUT2D eigenvalue weighted by atomic mass is 19.4. The van der Waals surface area contributed by atoms with E-state index in [1.165, 1.54) is 0 Å². The lowest BCUT2D eigenvalue weighted by Gasteiger charge is -2.22. The van der Waals surface area contributed by atoms with Crippen LogP contribution in [-0.2, 0) is 0 Å². The Balaban J connectivity index is -0.000000297. The Hall–Kier alpha value is -2.04. The molecule has 0 saturated carbocycles. The molecule has 0 aliphatic carbocycles. The third-order valence-corrected chi connectivity index (χ3v) is 1.32. The van der Waals surface area contributed by atoms with Crippen molar-refractivity contribution >= 4 is 0 Å². The lowest BCUT2D eigenvalue weighted by atomic mass is 10.1. The van der Waals surface area contributed by atoms with Crippen molar-refractivity contribution < 1.29 is 48.7 Å². The average molecular weight is 318 g/mol. The van der Waals surface area contributed by atoms with Crippen LogP contribution in [0.5, 0.6) is 0 Å². The molecule has 0 saturated heterocycles. The maximum atomic E-state index is 11.7. The summed E-state index contributed by atoms with van der Waals surface area (Å²) in [7, 11) is 0. The first-order valence-corrected chi connectivity index (χ1v) is 4.11. The van der Waals surface area contributed by atoms with E-state index in [-0.39, 0.29) is 0 Å². The normalized spacial score (nSPS) is 12.6. The SMILES string of the molecule is O=[N+]([O-])O.O=[N+]([O-])O.OCC(C(CO)N(F)F)N(F)F. The van der Waals surface area contributed by atoms with E-state index < -0.39 is 46.2 Å². The zero-order chi connectivity index (χ0) is 16.9. The van der Waals surface area contributed by atoms with Crippen LogP contribution in [0.15, 0.2) is 0 Å². The van der Waals surface area contributed by atoms with E-state index in [0.29, 0.717) is 0 Å². The second-order valence-electron chi connectivity index (χ2n) is 2.49. The number of rotatable bonds is 5. The Morgan fingerprint density at radius 1 is 0.850 bits per heavy atom. The smallest absolute Gasteiger partial charge is 0.291 e. The highest BCUT2D eigenvalue weighted by Crippen LogP contribution is 2.12. The molecule has 122 valence electrons. The quantitative estimate of drug-likeness (QED) is 0.216. The number of hydrogen-bond acceptors (Lipinski definition) is 8. The van der Waals surface area contributed by atoms with Crippen molar-refractivity contribution in [3.8, 4) is 0 Å². The number of aliphatic hydroxyl groups excluding tert-OH is 2. The van der Waals surface area contributed by atoms with E-state index in [0.717, 1.165) is 0 Å². The first kappa shape index (κ1) is 23.1. The average Bonchev–Trinajstić information content (AvgIpc) is 2.22. The maximum Gasteiger partial charge on any atom is 0.291 e. The van der Waals surface area contributed by atoms with E-state index in [1.807, 2.05) is 0 Å². The molecule has 4 N–H and O–H groups in total. The van der Waals surface area contributed by atoms with Crippen molar-refractivity contribution in [1.29, 1.82) is 0 Å². The topological polar surface area (TPSA) is 174 Å². The number of hydrogen-bond donors (Lipinski definition) is 4. The van der Waals surface area contributed by atoms with Gasteiger partial charge in [-0.05, 0) is 0 Å². The van der Waals surface area contributed by atoms with Crippen LogP contribution in [0.4, 0.5) is 17.9 Å². The van der Waals surface area contributed by atoms with Crippen LogP contribution in [-0.4, -0.2) is 66.8 Å². The van der Waals surface area contributed by atoms with Gasteiger partial charge in [-0.3, -0.25) is 0 Å². The molecule has 20 heavy (non-hydrogen) atoms. The van der Waals surface area contributed by atoms with E-state index in [1.54, 1.807) is 0 Å². The van der Waals surface area contributed by atoms with E-state index >= 15 is 0 Å². The Kier molecular flexibility index (Phi) is 15.5. The molecule has 0 aromatic heterocycles. The van der Waals surface area contributed by atoms with E-state index in [9.17, 15) is 17.9 Å². The fraction of sp³-hybridized carbons (Fsp3) is 1.00. The minimum Gasteiger partial charge on any atom is -0.394 e. The van der Waals surface area contributed by atoms with Gasteiger partial charge >= 0.3 is 0 Å². The van der Waals surface area contributed by atoms with Crippen LogP contribution in [0.2, 0.25) is 0 Å². The fourth-order valence-corrected chi connectivity index (χ4v) is 0.627. The molecule has 0 radical (unpaired) electrons. The summed E-state index contributed by atoms with van der Waals surface area (Å²) in [6.07, 6.45) is 0. The molecule has 16 heteroatoms. The zero-order valence-electron chi connectivity index (χ0n) is 9.29. The Labute approximate surface area is 106 Å². The molecule has 0 amide bonds. The lowest BCUT2D eigenvalue weighted by Crippen LogP contribution is -2.46. The van der Waals surface area contributed by atoms with Crippen LogP contribution < -0.4 is 0 Å². The minimum atomic E-state index is -2.09. The van der Waals surface area contributed by atoms with Gasteiger partial charge in [-0.15, -0.1) is 38.2 Å². The second kappa shape index (κ2) is 13.4. The first-order valence-electron chi connectivity index (χ1n) is 4.11. The Morgan fingerprint density at radius 3 is 1.05 bits per heavy atom. The van der Waals surface area contributed by atoms with Crippen LogP contribution in [0.3, 0.4) is 0 Å². The van der Waals surface area contributed by atoms with Crippen LogP contribution >= 0.6 is 0 Å². The van der Waals surface area contributed by atoms with Gasteiger partial charge < -0.3 is 20.6 Å². The Morgan fingerprint density at radius 2 is 1.00 bits per heavy atom. The number of halogens is 4. The largest absolute Gasteiger partial charge is 0.394 e. The number of aliphatic hydroxyl groups is 2. The van der Waals surface area contributed by atoms with E-state index in [4.69, 9.17) is 40.9 Å². The molecule has 0 aromatic rings. The lowest BCUT2D eigenvalue weighted by molar-refractivity contribution is -0.742. The summed E-state index contributed by atoms with van der Waals surface area (Å²) in [6, 6.07) is -4.19. The second-order valence-corrected chi connectivity index (χ2v) is 2.49. The molecule has 0 bridgehead atoms. The summed E-state index contributed by atoms with van der Waals surface area (Å²) in [6.45, 7) is -2.33. The highest BCUT2D eigenvalue weighted by molar-refractivity contribution is 4.74. The molecule has 0 aliphatic heterocycles. The molecule has 2 atom stereocenters. The first-order chi connectivity index (χ1) is 9.00. The van der Waals surface area contributed by atoms with Gasteiger partial charge in [-0.1, -0.05) is 0 Å². The van der Waals surface area contributed by atoms with Gasteiger partial charge in [0.25, 0.3) is 10.2 Å². The summed E-state index contributed by atoms with van der Waals surface area (Å²) < 4.78 is 46.8. The summed E-state index contributed by atoms with van der Waals surface area (Å²) in [5, 5.41) is 40.7. The molecule has 0 heterocycles. The molecule has 0 aromatic carbocycles. The predicted octanol–water partition coefficient (Wildman–Crippen LogP) is -0.845. The van der Waals surface area contributed by atoms with Crippen molar-refractivity contribution in [3.63, 3.8) is 0 Å². The van der Waals surface area contributed by atoms with Crippen LogP contribution in [0, 0.1) is 20.2 Å². The third kappa shape index (κ3) is 18.3. The predicted molar refractivity (Wildman–Crippen MR) is 47.4 cm³/mol. The monoisotopic (exact) mass is 318 g/mol. The maximum absolute atomic E-state index is 11.7. The van der Waals surface area contributed by atoms with Crippen LogP contribution in [0.1, 0.15) is 0 Å². The molecule has 0 spiro atoms. The van der Waals surface area contributed by atoms with Gasteiger partial charge in [-0.2, -0.15) is 0 Å². The van der Waals surface area contributed by atoms with Gasteiger partial charge in [0, 0.05) is 10.7 Å².